The number of carbonyl (C=O) groups excluding carboxylic acids is 1. The summed E-state index contributed by atoms with van der Waals surface area (Å²) in [6.45, 7) is 0. The third-order valence-corrected chi connectivity index (χ3v) is 5.39. The molecule has 2 aromatic heterocycles. The Kier molecular flexibility index (Phi) is 3.97. The van der Waals surface area contributed by atoms with Gasteiger partial charge in [0.15, 0.2) is 0 Å². The second kappa shape index (κ2) is 6.31. The van der Waals surface area contributed by atoms with Gasteiger partial charge in [-0.1, -0.05) is 12.1 Å². The molecule has 2 heterocycles. The van der Waals surface area contributed by atoms with Crippen molar-refractivity contribution in [3.05, 3.63) is 64.5 Å². The number of rotatable bonds is 3. The van der Waals surface area contributed by atoms with Gasteiger partial charge in [0.25, 0.3) is 0 Å². The zero-order chi connectivity index (χ0) is 18.3. The van der Waals surface area contributed by atoms with Crippen LogP contribution in [-0.2, 0) is 4.74 Å². The molecule has 0 unspecified atom stereocenters. The Morgan fingerprint density at radius 2 is 1.77 bits per heavy atom. The second-order valence-electron chi connectivity index (χ2n) is 5.67. The first-order valence-corrected chi connectivity index (χ1v) is 8.65. The molecule has 4 rings (SSSR count). The third-order valence-electron chi connectivity index (χ3n) is 4.18. The summed E-state index contributed by atoms with van der Waals surface area (Å²) >= 11 is 1.50. The quantitative estimate of drug-likeness (QED) is 0.395. The molecule has 0 spiro atoms. The van der Waals surface area contributed by atoms with Gasteiger partial charge in [-0.3, -0.25) is 0 Å². The van der Waals surface area contributed by atoms with E-state index in [2.05, 4.69) is 0 Å². The van der Waals surface area contributed by atoms with Gasteiger partial charge in [-0.25, -0.2) is 9.59 Å². The fraction of sp³-hybridized carbons (Fsp3) is 0.100. The van der Waals surface area contributed by atoms with Crippen molar-refractivity contribution in [2.45, 2.75) is 0 Å². The van der Waals surface area contributed by atoms with Crippen molar-refractivity contribution >= 4 is 38.4 Å². The van der Waals surface area contributed by atoms with Crippen molar-refractivity contribution in [2.24, 2.45) is 0 Å². The van der Waals surface area contributed by atoms with Crippen LogP contribution in [0.15, 0.2) is 57.7 Å². The maximum atomic E-state index is 12.3. The minimum absolute atomic E-state index is 0.369. The van der Waals surface area contributed by atoms with Crippen LogP contribution < -0.4 is 10.4 Å². The van der Waals surface area contributed by atoms with E-state index in [0.29, 0.717) is 22.3 Å². The Bertz CT molecular complexity index is 1180. The molecule has 130 valence electrons. The van der Waals surface area contributed by atoms with Crippen LogP contribution in [0, 0.1) is 0 Å². The predicted octanol–water partition coefficient (Wildman–Crippen LogP) is 4.47. The average Bonchev–Trinajstić information content (AvgIpc) is 3.14. The molecule has 0 amide bonds. The van der Waals surface area contributed by atoms with Crippen molar-refractivity contribution < 1.29 is 18.7 Å². The first kappa shape index (κ1) is 16.4. The number of carbonyl (C=O) groups is 1. The average molecular weight is 366 g/mol. The molecule has 6 heteroatoms. The lowest BCUT2D eigenvalue weighted by Crippen LogP contribution is -2.00. The van der Waals surface area contributed by atoms with Gasteiger partial charge in [0.05, 0.1) is 29.9 Å². The summed E-state index contributed by atoms with van der Waals surface area (Å²) < 4.78 is 16.3. The van der Waals surface area contributed by atoms with E-state index >= 15 is 0 Å². The van der Waals surface area contributed by atoms with E-state index in [0.717, 1.165) is 20.5 Å². The summed E-state index contributed by atoms with van der Waals surface area (Å²) in [7, 11) is 2.95. The van der Waals surface area contributed by atoms with E-state index < -0.39 is 0 Å². The maximum Gasteiger partial charge on any atom is 0.345 e. The largest absolute Gasteiger partial charge is 0.497 e. The topological polar surface area (TPSA) is 65.7 Å². The molecule has 0 saturated carbocycles. The molecular weight excluding hydrogens is 352 g/mol. The van der Waals surface area contributed by atoms with Gasteiger partial charge in [-0.2, -0.15) is 0 Å². The molecule has 0 fully saturated rings. The van der Waals surface area contributed by atoms with E-state index in [-0.39, 0.29) is 11.6 Å². The van der Waals surface area contributed by atoms with Crippen molar-refractivity contribution in [1.82, 2.24) is 0 Å². The van der Waals surface area contributed by atoms with E-state index in [1.165, 1.54) is 18.4 Å². The summed E-state index contributed by atoms with van der Waals surface area (Å²) in [5, 5.41) is 1.36. The minimum atomic E-state index is -0.383. The Balaban J connectivity index is 1.89. The monoisotopic (exact) mass is 366 g/mol. The number of fused-ring (bicyclic) bond motifs is 3. The smallest absolute Gasteiger partial charge is 0.345 e. The van der Waals surface area contributed by atoms with E-state index in [1.54, 1.807) is 31.4 Å². The molecule has 0 atom stereocenters. The minimum Gasteiger partial charge on any atom is -0.497 e. The van der Waals surface area contributed by atoms with E-state index in [1.807, 2.05) is 24.3 Å². The molecule has 0 aliphatic carbocycles. The second-order valence-corrected chi connectivity index (χ2v) is 6.73. The van der Waals surface area contributed by atoms with Gasteiger partial charge < -0.3 is 13.9 Å². The van der Waals surface area contributed by atoms with E-state index in [9.17, 15) is 9.59 Å². The van der Waals surface area contributed by atoms with Crippen molar-refractivity contribution in [3.8, 4) is 16.2 Å². The highest BCUT2D eigenvalue weighted by Gasteiger charge is 2.14. The molecule has 0 radical (unpaired) electrons. The summed E-state index contributed by atoms with van der Waals surface area (Å²) in [4.78, 5) is 24.8. The Hall–Kier alpha value is -3.12. The van der Waals surface area contributed by atoms with Crippen molar-refractivity contribution in [3.63, 3.8) is 0 Å². The molecule has 0 aliphatic heterocycles. The Morgan fingerprint density at radius 1 is 1.00 bits per heavy atom. The summed E-state index contributed by atoms with van der Waals surface area (Å²) in [5.74, 6) is 0.316. The molecule has 0 N–H and O–H groups in total. The van der Waals surface area contributed by atoms with Gasteiger partial charge in [-0.15, -0.1) is 11.3 Å². The fourth-order valence-corrected chi connectivity index (χ4v) is 4.00. The van der Waals surface area contributed by atoms with Crippen LogP contribution in [0.25, 0.3) is 31.5 Å². The standard InChI is InChI=1S/C20H14O5S/c1-23-13-7-8-16-14(9-13)18-15(20(22)25-16)10-17(26-18)11-3-5-12(6-4-11)19(21)24-2/h3-10H,1-2H3. The van der Waals surface area contributed by atoms with Crippen molar-refractivity contribution in [1.29, 1.82) is 0 Å². The molecule has 26 heavy (non-hydrogen) atoms. The van der Waals surface area contributed by atoms with Crippen LogP contribution >= 0.6 is 11.3 Å². The molecule has 0 aliphatic rings. The maximum absolute atomic E-state index is 12.3. The lowest BCUT2D eigenvalue weighted by molar-refractivity contribution is 0.0601. The highest BCUT2D eigenvalue weighted by Crippen LogP contribution is 2.37. The zero-order valence-corrected chi connectivity index (χ0v) is 14.9. The zero-order valence-electron chi connectivity index (χ0n) is 14.1. The first-order chi connectivity index (χ1) is 12.6. The highest BCUT2D eigenvalue weighted by molar-refractivity contribution is 7.23. The summed E-state index contributed by atoms with van der Waals surface area (Å²) in [5.41, 5.74) is 1.55. The molecular formula is C20H14O5S. The summed E-state index contributed by atoms with van der Waals surface area (Å²) in [6, 6.07) is 14.3. The van der Waals surface area contributed by atoms with Gasteiger partial charge in [-0.05, 0) is 42.0 Å². The van der Waals surface area contributed by atoms with Gasteiger partial charge in [0, 0.05) is 10.3 Å². The SMILES string of the molecule is COC(=O)c1ccc(-c2cc3c(=O)oc4ccc(OC)cc4c3s2)cc1. The van der Waals surface area contributed by atoms with Gasteiger partial charge >= 0.3 is 11.6 Å². The normalized spacial score (nSPS) is 11.0. The third kappa shape index (κ3) is 2.64. The number of hydrogen-bond donors (Lipinski definition) is 0. The highest BCUT2D eigenvalue weighted by atomic mass is 32.1. The van der Waals surface area contributed by atoms with Crippen LogP contribution in [0.1, 0.15) is 10.4 Å². The number of ether oxygens (including phenoxy) is 2. The molecule has 0 saturated heterocycles. The number of benzene rings is 2. The molecule has 2 aromatic carbocycles. The van der Waals surface area contributed by atoms with Gasteiger partial charge in [0.1, 0.15) is 11.3 Å². The van der Waals surface area contributed by atoms with Crippen LogP contribution in [0.5, 0.6) is 5.75 Å². The van der Waals surface area contributed by atoms with Crippen LogP contribution in [0.3, 0.4) is 0 Å². The summed E-state index contributed by atoms with van der Waals surface area (Å²) in [6.07, 6.45) is 0. The lowest BCUT2D eigenvalue weighted by Gasteiger charge is -2.02. The first-order valence-electron chi connectivity index (χ1n) is 7.84. The number of esters is 1. The fourth-order valence-electron chi connectivity index (χ4n) is 2.83. The Morgan fingerprint density at radius 3 is 2.46 bits per heavy atom. The number of methoxy groups -OCH3 is 2. The Labute approximate surface area is 152 Å². The van der Waals surface area contributed by atoms with Crippen LogP contribution in [0.4, 0.5) is 0 Å². The van der Waals surface area contributed by atoms with Gasteiger partial charge in [0.2, 0.25) is 0 Å². The van der Waals surface area contributed by atoms with Crippen molar-refractivity contribution in [2.75, 3.05) is 14.2 Å². The lowest BCUT2D eigenvalue weighted by atomic mass is 10.1. The van der Waals surface area contributed by atoms with E-state index in [4.69, 9.17) is 13.9 Å². The molecule has 0 bridgehead atoms. The number of hydrogen-bond acceptors (Lipinski definition) is 6. The number of thiophene rings is 1. The van der Waals surface area contributed by atoms with Crippen LogP contribution in [0.2, 0.25) is 0 Å². The molecule has 4 aromatic rings. The van der Waals surface area contributed by atoms with Crippen LogP contribution in [-0.4, -0.2) is 20.2 Å². The molecule has 5 nitrogen and oxygen atoms in total. The predicted molar refractivity (Wildman–Crippen MR) is 101 cm³/mol.